The minimum atomic E-state index is -1.29. The van der Waals surface area contributed by atoms with Crippen LogP contribution in [0.3, 0.4) is 0 Å². The van der Waals surface area contributed by atoms with Crippen LogP contribution in [-0.2, 0) is 26.3 Å². The summed E-state index contributed by atoms with van der Waals surface area (Å²) < 4.78 is 6.19. The maximum Gasteiger partial charge on any atom is 0.326 e. The first kappa shape index (κ1) is 30.2. The lowest BCUT2D eigenvalue weighted by Crippen LogP contribution is -2.39. The van der Waals surface area contributed by atoms with Crippen molar-refractivity contribution in [2.45, 2.75) is 39.2 Å². The highest BCUT2D eigenvalue weighted by Crippen LogP contribution is 2.43. The first-order valence-electron chi connectivity index (χ1n) is 11.8. The van der Waals surface area contributed by atoms with Crippen LogP contribution in [-0.4, -0.2) is 18.4 Å². The molecule has 1 amide bonds. The quantitative estimate of drug-likeness (QED) is 0.153. The molecular weight excluding hydrogens is 470 g/mol. The monoisotopic (exact) mass is 503 g/mol. The second-order valence-corrected chi connectivity index (χ2v) is 7.84. The average Bonchev–Trinajstić information content (AvgIpc) is 2.93. The van der Waals surface area contributed by atoms with Gasteiger partial charge in [-0.05, 0) is 24.5 Å². The molecule has 0 radical (unpaired) electrons. The molecule has 0 fully saturated rings. The number of halogens is 1. The largest absolute Gasteiger partial charge is 0.443 e. The fraction of sp³-hybridized carbons (Fsp3) is 0.226. The van der Waals surface area contributed by atoms with Crippen LogP contribution in [0, 0.1) is 12.8 Å². The molecule has 3 aromatic rings. The number of amides is 1. The van der Waals surface area contributed by atoms with Crippen molar-refractivity contribution in [2.24, 2.45) is 0 Å². The first-order chi connectivity index (χ1) is 17.5. The summed E-state index contributed by atoms with van der Waals surface area (Å²) in [5.74, 6) is -0.878. The Hall–Kier alpha value is -3.81. The molecule has 1 N–H and O–H groups in total. The molecule has 188 valence electrons. The minimum Gasteiger partial charge on any atom is -0.443 e. The molecule has 3 aromatic carbocycles. The number of rotatable bonds is 9. The highest BCUT2D eigenvalue weighted by molar-refractivity contribution is 6.31. The smallest absolute Gasteiger partial charge is 0.326 e. The topological polar surface area (TPSA) is 55.4 Å². The zero-order valence-corrected chi connectivity index (χ0v) is 21.9. The average molecular weight is 504 g/mol. The van der Waals surface area contributed by atoms with Crippen LogP contribution in [0.15, 0.2) is 91.5 Å². The number of benzene rings is 3. The zero-order chi connectivity index (χ0) is 27.0. The minimum absolute atomic E-state index is 0.244. The van der Waals surface area contributed by atoms with Gasteiger partial charge in [0.2, 0.25) is 5.91 Å². The van der Waals surface area contributed by atoms with Crippen molar-refractivity contribution in [3.8, 4) is 12.8 Å². The number of ether oxygens (including phenoxy) is 1. The molecule has 5 heteroatoms. The Balaban J connectivity index is 0.00000154. The molecule has 4 nitrogen and oxygen atoms in total. The number of hydrogen-bond acceptors (Lipinski definition) is 3. The van der Waals surface area contributed by atoms with Gasteiger partial charge in [0.25, 0.3) is 0 Å². The number of carbonyl (C=O) groups is 2. The first-order valence-corrected chi connectivity index (χ1v) is 12.2. The van der Waals surface area contributed by atoms with E-state index >= 15 is 0 Å². The number of carbonyl (C=O) groups excluding carboxylic acids is 2. The second kappa shape index (κ2) is 16.0. The molecular formula is C31H34ClNO3. The van der Waals surface area contributed by atoms with Crippen molar-refractivity contribution >= 4 is 23.5 Å². The summed E-state index contributed by atoms with van der Waals surface area (Å²) in [4.78, 5) is 24.3. The van der Waals surface area contributed by atoms with Gasteiger partial charge in [-0.25, -0.2) is 0 Å². The van der Waals surface area contributed by atoms with E-state index in [1.807, 2.05) is 92.7 Å². The van der Waals surface area contributed by atoms with Crippen LogP contribution in [0.1, 0.15) is 49.4 Å². The summed E-state index contributed by atoms with van der Waals surface area (Å²) in [6.07, 6.45) is 11.6. The molecule has 3 rings (SSSR count). The maximum atomic E-state index is 12.9. The van der Waals surface area contributed by atoms with Gasteiger partial charge in [0.05, 0.1) is 0 Å². The summed E-state index contributed by atoms with van der Waals surface area (Å²) in [6.45, 7) is 8.89. The molecule has 0 aromatic heterocycles. The van der Waals surface area contributed by atoms with Crippen molar-refractivity contribution in [1.29, 1.82) is 0 Å². The van der Waals surface area contributed by atoms with Gasteiger partial charge in [0, 0.05) is 28.6 Å². The lowest BCUT2D eigenvalue weighted by molar-refractivity contribution is -0.153. The highest BCUT2D eigenvalue weighted by atomic mass is 35.5. The number of esters is 1. The van der Waals surface area contributed by atoms with Gasteiger partial charge in [-0.1, -0.05) is 104 Å². The van der Waals surface area contributed by atoms with E-state index in [9.17, 15) is 9.59 Å². The molecule has 0 heterocycles. The Labute approximate surface area is 220 Å². The van der Waals surface area contributed by atoms with Gasteiger partial charge >= 0.3 is 5.97 Å². The Morgan fingerprint density at radius 3 is 2.06 bits per heavy atom. The van der Waals surface area contributed by atoms with Gasteiger partial charge in [-0.2, -0.15) is 0 Å². The van der Waals surface area contributed by atoms with Gasteiger partial charge in [0.1, 0.15) is 6.54 Å². The van der Waals surface area contributed by atoms with Crippen LogP contribution in [0.2, 0.25) is 5.02 Å². The SMILES string of the molecule is C#C.C=CCCc1ccc(C(OC(=O)CNC(C)=O)(c2ccccc2)c2ccccc2Cl)cc1.CC. The molecule has 0 saturated heterocycles. The normalized spacial score (nSPS) is 11.3. The fourth-order valence-electron chi connectivity index (χ4n) is 3.65. The Morgan fingerprint density at radius 1 is 0.944 bits per heavy atom. The molecule has 0 aliphatic heterocycles. The third-order valence-corrected chi connectivity index (χ3v) is 5.51. The zero-order valence-electron chi connectivity index (χ0n) is 21.2. The maximum absolute atomic E-state index is 12.9. The molecule has 0 bridgehead atoms. The lowest BCUT2D eigenvalue weighted by atomic mass is 9.79. The number of terminal acetylenes is 1. The van der Waals surface area contributed by atoms with Crippen LogP contribution in [0.25, 0.3) is 0 Å². The van der Waals surface area contributed by atoms with E-state index in [0.29, 0.717) is 10.6 Å². The summed E-state index contributed by atoms with van der Waals surface area (Å²) in [7, 11) is 0. The summed E-state index contributed by atoms with van der Waals surface area (Å²) >= 11 is 6.65. The number of hydrogen-bond donors (Lipinski definition) is 1. The van der Waals surface area contributed by atoms with Crippen molar-refractivity contribution in [1.82, 2.24) is 5.32 Å². The van der Waals surface area contributed by atoms with Crippen LogP contribution < -0.4 is 5.32 Å². The predicted octanol–water partition coefficient (Wildman–Crippen LogP) is 6.71. The van der Waals surface area contributed by atoms with Crippen LogP contribution >= 0.6 is 11.6 Å². The van der Waals surface area contributed by atoms with Gasteiger partial charge < -0.3 is 10.1 Å². The summed E-state index contributed by atoms with van der Waals surface area (Å²) in [5, 5.41) is 2.98. The number of allylic oxidation sites excluding steroid dienone is 1. The molecule has 0 aliphatic rings. The molecule has 36 heavy (non-hydrogen) atoms. The van der Waals surface area contributed by atoms with E-state index in [1.54, 1.807) is 6.07 Å². The van der Waals surface area contributed by atoms with Crippen molar-refractivity contribution in [3.63, 3.8) is 0 Å². The summed E-state index contributed by atoms with van der Waals surface area (Å²) in [5.41, 5.74) is 2.02. The Morgan fingerprint density at radius 2 is 1.50 bits per heavy atom. The van der Waals surface area contributed by atoms with E-state index in [1.165, 1.54) is 6.92 Å². The van der Waals surface area contributed by atoms with Crippen molar-refractivity contribution < 1.29 is 14.3 Å². The van der Waals surface area contributed by atoms with E-state index in [-0.39, 0.29) is 12.5 Å². The summed E-state index contributed by atoms with van der Waals surface area (Å²) in [6, 6.07) is 24.8. The standard InChI is InChI=1S/C27H26ClNO3.C2H6.C2H2/c1-3-4-10-21-15-17-23(18-16-21)27(22-11-6-5-7-12-22,24-13-8-9-14-25(24)28)32-26(31)19-29-20(2)30;2*1-2/h3,5-9,11-18H,1,4,10,19H2,2H3,(H,29,30);1-2H3;1-2H. The van der Waals surface area contributed by atoms with E-state index in [2.05, 4.69) is 24.7 Å². The predicted molar refractivity (Wildman–Crippen MR) is 149 cm³/mol. The number of nitrogens with one attached hydrogen (secondary N) is 1. The van der Waals surface area contributed by atoms with Crippen molar-refractivity contribution in [3.05, 3.63) is 119 Å². The highest BCUT2D eigenvalue weighted by Gasteiger charge is 2.42. The Bertz CT molecular complexity index is 1120. The molecule has 1 atom stereocenters. The fourth-order valence-corrected chi connectivity index (χ4v) is 3.92. The molecule has 0 spiro atoms. The molecule has 1 unspecified atom stereocenters. The van der Waals surface area contributed by atoms with Gasteiger partial charge in [-0.3, -0.25) is 9.59 Å². The van der Waals surface area contributed by atoms with E-state index < -0.39 is 11.6 Å². The van der Waals surface area contributed by atoms with E-state index in [4.69, 9.17) is 16.3 Å². The third-order valence-electron chi connectivity index (χ3n) is 5.18. The molecule has 0 aliphatic carbocycles. The third kappa shape index (κ3) is 7.86. The van der Waals surface area contributed by atoms with Gasteiger partial charge in [-0.15, -0.1) is 19.4 Å². The Kier molecular flexibility index (Phi) is 13.4. The van der Waals surface area contributed by atoms with Gasteiger partial charge in [0.15, 0.2) is 5.60 Å². The molecule has 0 saturated carbocycles. The number of aryl methyl sites for hydroxylation is 1. The van der Waals surface area contributed by atoms with Crippen molar-refractivity contribution in [2.75, 3.05) is 6.54 Å². The van der Waals surface area contributed by atoms with E-state index in [0.717, 1.165) is 29.5 Å². The second-order valence-electron chi connectivity index (χ2n) is 7.44. The van der Waals surface area contributed by atoms with Crippen LogP contribution in [0.5, 0.6) is 0 Å². The lowest BCUT2D eigenvalue weighted by Gasteiger charge is -2.36. The van der Waals surface area contributed by atoms with Crippen LogP contribution in [0.4, 0.5) is 0 Å².